The normalized spacial score (nSPS) is 13.2. The van der Waals surface area contributed by atoms with E-state index >= 15 is 0 Å². The Morgan fingerprint density at radius 3 is 2.71 bits per heavy atom. The van der Waals surface area contributed by atoms with Crippen LogP contribution in [0.15, 0.2) is 54.7 Å². The highest BCUT2D eigenvalue weighted by Gasteiger charge is 2.22. The second-order valence-electron chi connectivity index (χ2n) is 7.39. The van der Waals surface area contributed by atoms with Crippen molar-refractivity contribution in [2.45, 2.75) is 32.2 Å². The standard InChI is InChI=1S/C23H23N5O3/c29-22(13-10-17-8-11-18(12-9-17)28(30)31)25-15-16-27-21-7-2-1-5-19(21)23(26-27)20-6-3-4-14-24-20/h3-4,6,8-14H,1-2,5,7,15-16H2,(H,25,29)/b13-10+. The van der Waals surface area contributed by atoms with E-state index in [0.717, 1.165) is 42.6 Å². The molecule has 31 heavy (non-hydrogen) atoms. The molecular weight excluding hydrogens is 394 g/mol. The van der Waals surface area contributed by atoms with Crippen molar-refractivity contribution in [3.63, 3.8) is 0 Å². The maximum absolute atomic E-state index is 12.2. The molecule has 8 heteroatoms. The second-order valence-corrected chi connectivity index (χ2v) is 7.39. The van der Waals surface area contributed by atoms with E-state index < -0.39 is 4.92 Å². The summed E-state index contributed by atoms with van der Waals surface area (Å²) in [7, 11) is 0. The molecule has 0 radical (unpaired) electrons. The van der Waals surface area contributed by atoms with Gasteiger partial charge in [-0.2, -0.15) is 5.10 Å². The van der Waals surface area contributed by atoms with Crippen LogP contribution in [-0.4, -0.2) is 32.1 Å². The lowest BCUT2D eigenvalue weighted by molar-refractivity contribution is -0.384. The number of nitro benzene ring substituents is 1. The van der Waals surface area contributed by atoms with Crippen molar-refractivity contribution in [3.8, 4) is 11.4 Å². The van der Waals surface area contributed by atoms with Crippen LogP contribution in [0.1, 0.15) is 29.7 Å². The van der Waals surface area contributed by atoms with E-state index in [4.69, 9.17) is 5.10 Å². The van der Waals surface area contributed by atoms with E-state index in [1.807, 2.05) is 22.9 Å². The number of nitrogens with zero attached hydrogens (tertiary/aromatic N) is 4. The molecule has 158 valence electrons. The zero-order valence-corrected chi connectivity index (χ0v) is 17.0. The van der Waals surface area contributed by atoms with Gasteiger partial charge >= 0.3 is 0 Å². The van der Waals surface area contributed by atoms with Crippen molar-refractivity contribution in [2.75, 3.05) is 6.54 Å². The van der Waals surface area contributed by atoms with E-state index in [0.29, 0.717) is 13.1 Å². The molecule has 3 aromatic rings. The number of carbonyl (C=O) groups is 1. The van der Waals surface area contributed by atoms with Gasteiger partial charge in [0.25, 0.3) is 5.69 Å². The molecule has 0 saturated carbocycles. The van der Waals surface area contributed by atoms with E-state index in [1.165, 1.54) is 29.5 Å². The smallest absolute Gasteiger partial charge is 0.269 e. The Labute approximate surface area is 179 Å². The topological polar surface area (TPSA) is 103 Å². The van der Waals surface area contributed by atoms with Gasteiger partial charge in [-0.05, 0) is 61.6 Å². The predicted octanol–water partition coefficient (Wildman–Crippen LogP) is 3.56. The lowest BCUT2D eigenvalue weighted by Crippen LogP contribution is -2.26. The molecule has 0 saturated heterocycles. The Morgan fingerprint density at radius 1 is 1.16 bits per heavy atom. The number of hydrogen-bond acceptors (Lipinski definition) is 5. The van der Waals surface area contributed by atoms with Gasteiger partial charge in [0.15, 0.2) is 0 Å². The summed E-state index contributed by atoms with van der Waals surface area (Å²) >= 11 is 0. The van der Waals surface area contributed by atoms with Gasteiger partial charge in [-0.15, -0.1) is 0 Å². The zero-order valence-electron chi connectivity index (χ0n) is 17.0. The van der Waals surface area contributed by atoms with Gasteiger partial charge < -0.3 is 5.32 Å². The molecule has 0 atom stereocenters. The highest BCUT2D eigenvalue weighted by Crippen LogP contribution is 2.30. The summed E-state index contributed by atoms with van der Waals surface area (Å²) in [5.74, 6) is -0.218. The SMILES string of the molecule is O=C(/C=C/c1ccc([N+](=O)[O-])cc1)NCCn1nc(-c2ccccn2)c2c1CCCC2. The Balaban J connectivity index is 1.37. The van der Waals surface area contributed by atoms with Crippen LogP contribution in [0, 0.1) is 10.1 Å². The van der Waals surface area contributed by atoms with Crippen molar-refractivity contribution < 1.29 is 9.72 Å². The summed E-state index contributed by atoms with van der Waals surface area (Å²) < 4.78 is 2.00. The van der Waals surface area contributed by atoms with Crippen LogP contribution in [-0.2, 0) is 24.2 Å². The van der Waals surface area contributed by atoms with Crippen molar-refractivity contribution in [1.29, 1.82) is 0 Å². The van der Waals surface area contributed by atoms with Crippen molar-refractivity contribution >= 4 is 17.7 Å². The van der Waals surface area contributed by atoms with E-state index in [2.05, 4.69) is 10.3 Å². The predicted molar refractivity (Wildman–Crippen MR) is 117 cm³/mol. The number of carbonyl (C=O) groups excluding carboxylic acids is 1. The van der Waals surface area contributed by atoms with Crippen LogP contribution in [0.3, 0.4) is 0 Å². The van der Waals surface area contributed by atoms with Crippen LogP contribution >= 0.6 is 0 Å². The minimum Gasteiger partial charge on any atom is -0.351 e. The molecule has 0 fully saturated rings. The van der Waals surface area contributed by atoms with Crippen LogP contribution in [0.4, 0.5) is 5.69 Å². The van der Waals surface area contributed by atoms with Gasteiger partial charge in [-0.3, -0.25) is 24.6 Å². The summed E-state index contributed by atoms with van der Waals surface area (Å²) in [6, 6.07) is 11.9. The summed E-state index contributed by atoms with van der Waals surface area (Å²) in [5, 5.41) is 18.4. The second kappa shape index (κ2) is 9.34. The van der Waals surface area contributed by atoms with Crippen LogP contribution < -0.4 is 5.32 Å². The van der Waals surface area contributed by atoms with Gasteiger partial charge in [0, 0.05) is 42.2 Å². The molecule has 1 aliphatic rings. The summed E-state index contributed by atoms with van der Waals surface area (Å²) in [6.07, 6.45) is 9.14. The first-order chi connectivity index (χ1) is 15.1. The third-order valence-electron chi connectivity index (χ3n) is 5.32. The van der Waals surface area contributed by atoms with Crippen molar-refractivity contribution in [2.24, 2.45) is 0 Å². The third kappa shape index (κ3) is 4.85. The van der Waals surface area contributed by atoms with Crippen LogP contribution in [0.25, 0.3) is 17.5 Å². The molecule has 1 N–H and O–H groups in total. The Bertz CT molecular complexity index is 1100. The molecule has 0 aliphatic heterocycles. The fourth-order valence-corrected chi connectivity index (χ4v) is 3.79. The molecule has 2 aromatic heterocycles. The molecule has 4 rings (SSSR count). The van der Waals surface area contributed by atoms with Crippen molar-refractivity contribution in [3.05, 3.63) is 81.7 Å². The van der Waals surface area contributed by atoms with Gasteiger partial charge in [0.2, 0.25) is 5.91 Å². The maximum atomic E-state index is 12.2. The lowest BCUT2D eigenvalue weighted by atomic mass is 9.95. The molecule has 2 heterocycles. The van der Waals surface area contributed by atoms with Crippen molar-refractivity contribution in [1.82, 2.24) is 20.1 Å². The van der Waals surface area contributed by atoms with Gasteiger partial charge in [-0.1, -0.05) is 6.07 Å². The first kappa shape index (κ1) is 20.5. The number of benzene rings is 1. The maximum Gasteiger partial charge on any atom is 0.269 e. The fraction of sp³-hybridized carbons (Fsp3) is 0.261. The molecule has 8 nitrogen and oxygen atoms in total. The lowest BCUT2D eigenvalue weighted by Gasteiger charge is -2.14. The number of rotatable bonds is 7. The summed E-state index contributed by atoms with van der Waals surface area (Å²) in [5.41, 5.74) is 5.09. The fourth-order valence-electron chi connectivity index (χ4n) is 3.79. The summed E-state index contributed by atoms with van der Waals surface area (Å²) in [4.78, 5) is 26.9. The Morgan fingerprint density at radius 2 is 1.97 bits per heavy atom. The number of non-ortho nitro benzene ring substituents is 1. The van der Waals surface area contributed by atoms with E-state index in [-0.39, 0.29) is 11.6 Å². The minimum absolute atomic E-state index is 0.0224. The van der Waals surface area contributed by atoms with E-state index in [9.17, 15) is 14.9 Å². The number of hydrogen-bond donors (Lipinski definition) is 1. The molecule has 1 amide bonds. The molecule has 0 spiro atoms. The Kier molecular flexibility index (Phi) is 6.16. The Hall–Kier alpha value is -3.81. The number of nitro groups is 1. The zero-order chi connectivity index (χ0) is 21.6. The number of amides is 1. The molecule has 1 aromatic carbocycles. The number of nitrogens with one attached hydrogen (secondary N) is 1. The monoisotopic (exact) mass is 417 g/mol. The average molecular weight is 417 g/mol. The average Bonchev–Trinajstić information content (AvgIpc) is 3.17. The molecule has 0 unspecified atom stereocenters. The number of pyridine rings is 1. The number of fused-ring (bicyclic) bond motifs is 1. The number of aromatic nitrogens is 3. The summed E-state index contributed by atoms with van der Waals surface area (Å²) in [6.45, 7) is 1.05. The third-order valence-corrected chi connectivity index (χ3v) is 5.32. The largest absolute Gasteiger partial charge is 0.351 e. The minimum atomic E-state index is -0.451. The van der Waals surface area contributed by atoms with Crippen LogP contribution in [0.2, 0.25) is 0 Å². The molecule has 0 bridgehead atoms. The van der Waals surface area contributed by atoms with Gasteiger partial charge in [0.1, 0.15) is 5.69 Å². The van der Waals surface area contributed by atoms with E-state index in [1.54, 1.807) is 24.4 Å². The first-order valence-corrected chi connectivity index (χ1v) is 10.3. The molecule has 1 aliphatic carbocycles. The highest BCUT2D eigenvalue weighted by molar-refractivity contribution is 5.91. The highest BCUT2D eigenvalue weighted by atomic mass is 16.6. The molecular formula is C23H23N5O3. The van der Waals surface area contributed by atoms with Gasteiger partial charge in [0.05, 0.1) is 17.2 Å². The first-order valence-electron chi connectivity index (χ1n) is 10.3. The van der Waals surface area contributed by atoms with Gasteiger partial charge in [-0.25, -0.2) is 0 Å². The van der Waals surface area contributed by atoms with Crippen LogP contribution in [0.5, 0.6) is 0 Å². The quantitative estimate of drug-likeness (QED) is 0.360.